The minimum atomic E-state index is -3.07. The molecule has 134 valence electrons. The van der Waals surface area contributed by atoms with E-state index in [9.17, 15) is 18.0 Å². The quantitative estimate of drug-likeness (QED) is 0.681. The van der Waals surface area contributed by atoms with Crippen molar-refractivity contribution in [3.8, 4) is 0 Å². The van der Waals surface area contributed by atoms with Crippen LogP contribution in [0.15, 0.2) is 22.8 Å². The molecule has 0 radical (unpaired) electrons. The summed E-state index contributed by atoms with van der Waals surface area (Å²) in [6.07, 6.45) is 1.91. The number of nitrogens with one attached hydrogen (secondary N) is 3. The summed E-state index contributed by atoms with van der Waals surface area (Å²) in [4.78, 5) is 24.3. The van der Waals surface area contributed by atoms with E-state index in [2.05, 4.69) is 16.0 Å². The Hall–Kier alpha value is -2.03. The Morgan fingerprint density at radius 1 is 1.38 bits per heavy atom. The van der Waals surface area contributed by atoms with Crippen molar-refractivity contribution in [2.45, 2.75) is 38.9 Å². The molecule has 3 N–H and O–H groups in total. The molecule has 2 heterocycles. The molecule has 8 nitrogen and oxygen atoms in total. The van der Waals surface area contributed by atoms with Crippen molar-refractivity contribution in [3.05, 3.63) is 24.2 Å². The molecule has 1 aliphatic rings. The predicted molar refractivity (Wildman–Crippen MR) is 87.9 cm³/mol. The molecule has 0 spiro atoms. The molecule has 0 bridgehead atoms. The van der Waals surface area contributed by atoms with Crippen molar-refractivity contribution >= 4 is 21.8 Å². The first-order chi connectivity index (χ1) is 11.3. The monoisotopic (exact) mass is 357 g/mol. The molecule has 1 aromatic rings. The SMILES string of the molecule is CC(C)C(NC(=O)NC1CCS(=O)(=O)C1)C(=O)NCc1ccco1. The Labute approximate surface area is 141 Å². The number of carbonyl (C=O) groups is 2. The van der Waals surface area contributed by atoms with Gasteiger partial charge in [-0.15, -0.1) is 0 Å². The van der Waals surface area contributed by atoms with Crippen molar-refractivity contribution < 1.29 is 22.4 Å². The summed E-state index contributed by atoms with van der Waals surface area (Å²) >= 11 is 0. The van der Waals surface area contributed by atoms with Crippen LogP contribution in [0.2, 0.25) is 0 Å². The normalized spacial score (nSPS) is 20.5. The van der Waals surface area contributed by atoms with Gasteiger partial charge in [0.15, 0.2) is 9.84 Å². The van der Waals surface area contributed by atoms with E-state index in [1.165, 1.54) is 6.26 Å². The number of sulfone groups is 1. The van der Waals surface area contributed by atoms with Crippen molar-refractivity contribution in [1.29, 1.82) is 0 Å². The van der Waals surface area contributed by atoms with Gasteiger partial charge in [-0.2, -0.15) is 0 Å². The molecule has 1 fully saturated rings. The van der Waals surface area contributed by atoms with E-state index in [0.29, 0.717) is 12.2 Å². The third-order valence-electron chi connectivity index (χ3n) is 3.82. The van der Waals surface area contributed by atoms with Gasteiger partial charge in [0.25, 0.3) is 0 Å². The van der Waals surface area contributed by atoms with Gasteiger partial charge in [-0.1, -0.05) is 13.8 Å². The maximum absolute atomic E-state index is 12.3. The first-order valence-corrected chi connectivity index (χ1v) is 9.66. The molecule has 1 aliphatic heterocycles. The third kappa shape index (κ3) is 5.26. The Morgan fingerprint density at radius 3 is 2.67 bits per heavy atom. The Kier molecular flexibility index (Phi) is 5.87. The molecule has 2 unspecified atom stereocenters. The summed E-state index contributed by atoms with van der Waals surface area (Å²) in [5.41, 5.74) is 0. The van der Waals surface area contributed by atoms with E-state index in [1.54, 1.807) is 12.1 Å². The molecular weight excluding hydrogens is 334 g/mol. The molecular formula is C15H23N3O5S. The van der Waals surface area contributed by atoms with Gasteiger partial charge in [0, 0.05) is 6.04 Å². The predicted octanol–water partition coefficient (Wildman–Crippen LogP) is 0.407. The fourth-order valence-electron chi connectivity index (χ4n) is 2.51. The topological polar surface area (TPSA) is 118 Å². The van der Waals surface area contributed by atoms with Crippen LogP contribution in [-0.2, 0) is 21.2 Å². The van der Waals surface area contributed by atoms with Crippen LogP contribution in [0.3, 0.4) is 0 Å². The van der Waals surface area contributed by atoms with Gasteiger partial charge < -0.3 is 20.4 Å². The van der Waals surface area contributed by atoms with Crippen LogP contribution in [0.4, 0.5) is 4.79 Å². The van der Waals surface area contributed by atoms with Crippen molar-refractivity contribution in [1.82, 2.24) is 16.0 Å². The Balaban J connectivity index is 1.85. The molecule has 2 rings (SSSR count). The second-order valence-corrected chi connectivity index (χ2v) is 8.47. The maximum atomic E-state index is 12.3. The summed E-state index contributed by atoms with van der Waals surface area (Å²) < 4.78 is 28.0. The molecule has 1 aromatic heterocycles. The summed E-state index contributed by atoms with van der Waals surface area (Å²) in [5, 5.41) is 7.94. The first-order valence-electron chi connectivity index (χ1n) is 7.84. The second kappa shape index (κ2) is 7.69. The lowest BCUT2D eigenvalue weighted by Crippen LogP contribution is -2.54. The van der Waals surface area contributed by atoms with Gasteiger partial charge in [-0.25, -0.2) is 13.2 Å². The summed E-state index contributed by atoms with van der Waals surface area (Å²) in [7, 11) is -3.07. The second-order valence-electron chi connectivity index (χ2n) is 6.24. The molecule has 0 aliphatic carbocycles. The standard InChI is InChI=1S/C15H23N3O5S/c1-10(2)13(14(19)16-8-12-4-3-6-23-12)18-15(20)17-11-5-7-24(21,22)9-11/h3-4,6,10-11,13H,5,7-9H2,1-2H3,(H,16,19)(H2,17,18,20). The zero-order chi connectivity index (χ0) is 17.7. The molecule has 9 heteroatoms. The average Bonchev–Trinajstić information content (AvgIpc) is 3.11. The number of amides is 3. The van der Waals surface area contributed by atoms with Crippen molar-refractivity contribution in [2.75, 3.05) is 11.5 Å². The number of urea groups is 1. The minimum absolute atomic E-state index is 0.0581. The maximum Gasteiger partial charge on any atom is 0.315 e. The van der Waals surface area contributed by atoms with Crippen LogP contribution in [-0.4, -0.2) is 43.9 Å². The molecule has 2 atom stereocenters. The molecule has 0 aromatic carbocycles. The number of carbonyl (C=O) groups excluding carboxylic acids is 2. The van der Waals surface area contributed by atoms with Crippen LogP contribution in [0.25, 0.3) is 0 Å². The van der Waals surface area contributed by atoms with Gasteiger partial charge in [0.2, 0.25) is 5.91 Å². The van der Waals surface area contributed by atoms with Crippen molar-refractivity contribution in [2.24, 2.45) is 5.92 Å². The lowest BCUT2D eigenvalue weighted by molar-refractivity contribution is -0.124. The summed E-state index contributed by atoms with van der Waals surface area (Å²) in [6, 6.07) is 1.80. The molecule has 1 saturated heterocycles. The Bertz CT molecular complexity index is 669. The summed E-state index contributed by atoms with van der Waals surface area (Å²) in [6.45, 7) is 3.87. The lowest BCUT2D eigenvalue weighted by atomic mass is 10.0. The highest BCUT2D eigenvalue weighted by atomic mass is 32.2. The van der Waals surface area contributed by atoms with Gasteiger partial charge in [-0.3, -0.25) is 4.79 Å². The average molecular weight is 357 g/mol. The van der Waals surface area contributed by atoms with Crippen LogP contribution in [0.1, 0.15) is 26.0 Å². The van der Waals surface area contributed by atoms with Crippen LogP contribution in [0.5, 0.6) is 0 Å². The lowest BCUT2D eigenvalue weighted by Gasteiger charge is -2.22. The Morgan fingerprint density at radius 2 is 2.12 bits per heavy atom. The van der Waals surface area contributed by atoms with Crippen LogP contribution >= 0.6 is 0 Å². The van der Waals surface area contributed by atoms with Gasteiger partial charge in [0.1, 0.15) is 11.8 Å². The zero-order valence-electron chi connectivity index (χ0n) is 13.7. The van der Waals surface area contributed by atoms with E-state index in [0.717, 1.165) is 0 Å². The summed E-state index contributed by atoms with van der Waals surface area (Å²) in [5.74, 6) is 0.189. The van der Waals surface area contributed by atoms with E-state index < -0.39 is 28.0 Å². The largest absolute Gasteiger partial charge is 0.467 e. The highest BCUT2D eigenvalue weighted by Gasteiger charge is 2.30. The number of hydrogen-bond donors (Lipinski definition) is 3. The number of hydrogen-bond acceptors (Lipinski definition) is 5. The van der Waals surface area contributed by atoms with Crippen molar-refractivity contribution in [3.63, 3.8) is 0 Å². The number of furan rings is 1. The van der Waals surface area contributed by atoms with E-state index in [1.807, 2.05) is 13.8 Å². The fourth-order valence-corrected chi connectivity index (χ4v) is 4.18. The molecule has 24 heavy (non-hydrogen) atoms. The fraction of sp³-hybridized carbons (Fsp3) is 0.600. The van der Waals surface area contributed by atoms with Gasteiger partial charge >= 0.3 is 6.03 Å². The zero-order valence-corrected chi connectivity index (χ0v) is 14.6. The first kappa shape index (κ1) is 18.3. The highest BCUT2D eigenvalue weighted by molar-refractivity contribution is 7.91. The van der Waals surface area contributed by atoms with Gasteiger partial charge in [0.05, 0.1) is 24.3 Å². The number of rotatable bonds is 6. The van der Waals surface area contributed by atoms with Crippen LogP contribution < -0.4 is 16.0 Å². The molecule has 0 saturated carbocycles. The minimum Gasteiger partial charge on any atom is -0.467 e. The van der Waals surface area contributed by atoms with Crippen LogP contribution in [0, 0.1) is 5.92 Å². The van der Waals surface area contributed by atoms with E-state index in [4.69, 9.17) is 4.42 Å². The van der Waals surface area contributed by atoms with E-state index >= 15 is 0 Å². The van der Waals surface area contributed by atoms with E-state index in [-0.39, 0.29) is 29.9 Å². The highest BCUT2D eigenvalue weighted by Crippen LogP contribution is 2.11. The van der Waals surface area contributed by atoms with Gasteiger partial charge in [-0.05, 0) is 24.5 Å². The molecule has 3 amide bonds. The third-order valence-corrected chi connectivity index (χ3v) is 5.59. The smallest absolute Gasteiger partial charge is 0.315 e.